The summed E-state index contributed by atoms with van der Waals surface area (Å²) >= 11 is 1.76. The van der Waals surface area contributed by atoms with Crippen molar-refractivity contribution in [2.75, 3.05) is 11.9 Å². The van der Waals surface area contributed by atoms with Gasteiger partial charge in [0, 0.05) is 47.9 Å². The summed E-state index contributed by atoms with van der Waals surface area (Å²) < 4.78 is 2.05. The molecule has 0 saturated heterocycles. The number of carbonyl (C=O) groups is 2. The molecular formula is C27H34N4O2S. The Bertz CT molecular complexity index is 1210. The number of nitrogens with one attached hydrogen (secondary N) is 1. The fourth-order valence-corrected chi connectivity index (χ4v) is 5.56. The number of aromatic nitrogens is 2. The van der Waals surface area contributed by atoms with E-state index in [1.165, 1.54) is 10.4 Å². The number of thiophene rings is 1. The SMILES string of the molecule is Cc1nn(CC(C)C)c(C)c1CCC(=O)Nc1cccc(C(=O)N2CCc3sccc3C2)c1C. The Kier molecular flexibility index (Phi) is 7.22. The number of hydrogen-bond donors (Lipinski definition) is 1. The van der Waals surface area contributed by atoms with E-state index in [9.17, 15) is 9.59 Å². The lowest BCUT2D eigenvalue weighted by atomic mass is 10.0. The van der Waals surface area contributed by atoms with Crippen molar-refractivity contribution in [3.8, 4) is 0 Å². The van der Waals surface area contributed by atoms with E-state index in [1.54, 1.807) is 11.3 Å². The predicted octanol–water partition coefficient (Wildman–Crippen LogP) is 5.30. The van der Waals surface area contributed by atoms with Crippen LogP contribution in [0.3, 0.4) is 0 Å². The lowest BCUT2D eigenvalue weighted by molar-refractivity contribution is -0.116. The number of aryl methyl sites for hydroxylation is 1. The van der Waals surface area contributed by atoms with Crippen LogP contribution in [-0.4, -0.2) is 33.0 Å². The molecular weight excluding hydrogens is 444 g/mol. The van der Waals surface area contributed by atoms with Gasteiger partial charge in [-0.3, -0.25) is 14.3 Å². The molecule has 1 N–H and O–H groups in total. The first-order valence-electron chi connectivity index (χ1n) is 12.0. The largest absolute Gasteiger partial charge is 0.334 e. The van der Waals surface area contributed by atoms with Crippen LogP contribution in [0.15, 0.2) is 29.6 Å². The zero-order chi connectivity index (χ0) is 24.4. The predicted molar refractivity (Wildman–Crippen MR) is 137 cm³/mol. The highest BCUT2D eigenvalue weighted by Gasteiger charge is 2.24. The van der Waals surface area contributed by atoms with Gasteiger partial charge in [0.1, 0.15) is 0 Å². The minimum Gasteiger partial charge on any atom is -0.334 e. The molecule has 34 heavy (non-hydrogen) atoms. The van der Waals surface area contributed by atoms with Crippen LogP contribution >= 0.6 is 11.3 Å². The minimum atomic E-state index is -0.0519. The van der Waals surface area contributed by atoms with E-state index >= 15 is 0 Å². The summed E-state index contributed by atoms with van der Waals surface area (Å²) in [5, 5.41) is 9.78. The summed E-state index contributed by atoms with van der Waals surface area (Å²) in [7, 11) is 0. The summed E-state index contributed by atoms with van der Waals surface area (Å²) in [6.07, 6.45) is 1.93. The second kappa shape index (κ2) is 10.1. The smallest absolute Gasteiger partial charge is 0.254 e. The molecule has 1 aliphatic heterocycles. The zero-order valence-corrected chi connectivity index (χ0v) is 21.6. The molecule has 180 valence electrons. The lowest BCUT2D eigenvalue weighted by Gasteiger charge is -2.28. The molecule has 0 fully saturated rings. The zero-order valence-electron chi connectivity index (χ0n) is 20.8. The number of amides is 2. The highest BCUT2D eigenvalue weighted by atomic mass is 32.1. The quantitative estimate of drug-likeness (QED) is 0.501. The van der Waals surface area contributed by atoms with E-state index in [-0.39, 0.29) is 11.8 Å². The minimum absolute atomic E-state index is 0.0225. The molecule has 1 aliphatic rings. The highest BCUT2D eigenvalue weighted by Crippen LogP contribution is 2.27. The Hall–Kier alpha value is -2.93. The number of anilines is 1. The molecule has 3 aromatic rings. The van der Waals surface area contributed by atoms with Crippen LogP contribution in [0, 0.1) is 26.7 Å². The van der Waals surface area contributed by atoms with Gasteiger partial charge in [0.15, 0.2) is 0 Å². The molecule has 1 aromatic carbocycles. The molecule has 0 radical (unpaired) electrons. The molecule has 0 aliphatic carbocycles. The maximum absolute atomic E-state index is 13.3. The first-order valence-corrected chi connectivity index (χ1v) is 12.9. The Labute approximate surface area is 206 Å². The number of hydrogen-bond acceptors (Lipinski definition) is 4. The van der Waals surface area contributed by atoms with Crippen LogP contribution in [0.4, 0.5) is 5.69 Å². The fourth-order valence-electron chi connectivity index (χ4n) is 4.67. The summed E-state index contributed by atoms with van der Waals surface area (Å²) in [6.45, 7) is 12.6. The molecule has 6 nitrogen and oxygen atoms in total. The third kappa shape index (κ3) is 5.09. The first kappa shape index (κ1) is 24.2. The van der Waals surface area contributed by atoms with Crippen molar-refractivity contribution in [3.05, 3.63) is 68.2 Å². The standard InChI is InChI=1S/C27H34N4O2S/c1-17(2)15-31-20(5)23(19(4)29-31)9-10-26(32)28-24-8-6-7-22(18(24)3)27(33)30-13-11-25-21(16-30)12-14-34-25/h6-8,12,14,17H,9-11,13,15-16H2,1-5H3,(H,28,32). The summed E-state index contributed by atoms with van der Waals surface area (Å²) in [4.78, 5) is 29.3. The van der Waals surface area contributed by atoms with Gasteiger partial charge in [-0.1, -0.05) is 19.9 Å². The van der Waals surface area contributed by atoms with Gasteiger partial charge in [0.25, 0.3) is 5.91 Å². The van der Waals surface area contributed by atoms with Gasteiger partial charge in [0.2, 0.25) is 5.91 Å². The van der Waals surface area contributed by atoms with Gasteiger partial charge in [-0.25, -0.2) is 0 Å². The summed E-state index contributed by atoms with van der Waals surface area (Å²) in [5.41, 5.74) is 6.69. The maximum atomic E-state index is 13.3. The highest BCUT2D eigenvalue weighted by molar-refractivity contribution is 7.10. The number of nitrogens with zero attached hydrogens (tertiary/aromatic N) is 3. The van der Waals surface area contributed by atoms with Crippen LogP contribution in [0.5, 0.6) is 0 Å². The molecule has 3 heterocycles. The van der Waals surface area contributed by atoms with E-state index in [2.05, 4.69) is 42.6 Å². The first-order chi connectivity index (χ1) is 16.2. The normalized spacial score (nSPS) is 13.3. The van der Waals surface area contributed by atoms with E-state index in [0.717, 1.165) is 42.0 Å². The molecule has 0 unspecified atom stereocenters. The monoisotopic (exact) mass is 478 g/mol. The van der Waals surface area contributed by atoms with Crippen molar-refractivity contribution < 1.29 is 9.59 Å². The van der Waals surface area contributed by atoms with Crippen molar-refractivity contribution in [2.24, 2.45) is 5.92 Å². The molecule has 2 aromatic heterocycles. The molecule has 0 atom stereocenters. The summed E-state index contributed by atoms with van der Waals surface area (Å²) in [6, 6.07) is 7.68. The maximum Gasteiger partial charge on any atom is 0.254 e. The number of benzene rings is 1. The van der Waals surface area contributed by atoms with Gasteiger partial charge in [-0.2, -0.15) is 5.10 Å². The van der Waals surface area contributed by atoms with Crippen LogP contribution in [0.1, 0.15) is 63.6 Å². The Morgan fingerprint density at radius 1 is 1.18 bits per heavy atom. The third-order valence-corrected chi connectivity index (χ3v) is 7.63. The van der Waals surface area contributed by atoms with Gasteiger partial charge in [-0.15, -0.1) is 11.3 Å². The van der Waals surface area contributed by atoms with Crippen LogP contribution in [-0.2, 0) is 30.7 Å². The lowest BCUT2D eigenvalue weighted by Crippen LogP contribution is -2.35. The second-order valence-corrected chi connectivity index (χ2v) is 10.6. The van der Waals surface area contributed by atoms with Gasteiger partial charge in [0.05, 0.1) is 5.69 Å². The summed E-state index contributed by atoms with van der Waals surface area (Å²) in [5.74, 6) is 0.489. The van der Waals surface area contributed by atoms with Gasteiger partial charge < -0.3 is 10.2 Å². The van der Waals surface area contributed by atoms with E-state index in [0.29, 0.717) is 36.6 Å². The van der Waals surface area contributed by atoms with E-state index in [4.69, 9.17) is 0 Å². The Morgan fingerprint density at radius 3 is 2.74 bits per heavy atom. The number of carbonyl (C=O) groups excluding carboxylic acids is 2. The number of fused-ring (bicyclic) bond motifs is 1. The van der Waals surface area contributed by atoms with Crippen molar-refractivity contribution in [3.63, 3.8) is 0 Å². The molecule has 0 saturated carbocycles. The average molecular weight is 479 g/mol. The van der Waals surface area contributed by atoms with Crippen molar-refractivity contribution in [2.45, 2.75) is 67.0 Å². The molecule has 4 rings (SSSR count). The fraction of sp³-hybridized carbons (Fsp3) is 0.444. The molecule has 0 spiro atoms. The Balaban J connectivity index is 1.41. The van der Waals surface area contributed by atoms with Crippen molar-refractivity contribution >= 4 is 28.8 Å². The van der Waals surface area contributed by atoms with E-state index in [1.807, 2.05) is 41.6 Å². The van der Waals surface area contributed by atoms with Crippen LogP contribution in [0.25, 0.3) is 0 Å². The molecule has 7 heteroatoms. The Morgan fingerprint density at radius 2 is 1.97 bits per heavy atom. The molecule has 0 bridgehead atoms. The van der Waals surface area contributed by atoms with Crippen molar-refractivity contribution in [1.29, 1.82) is 0 Å². The van der Waals surface area contributed by atoms with Gasteiger partial charge in [-0.05, 0) is 79.8 Å². The average Bonchev–Trinajstić information content (AvgIpc) is 3.36. The topological polar surface area (TPSA) is 67.2 Å². The van der Waals surface area contributed by atoms with E-state index < -0.39 is 0 Å². The molecule has 2 amide bonds. The van der Waals surface area contributed by atoms with Crippen molar-refractivity contribution in [1.82, 2.24) is 14.7 Å². The second-order valence-electron chi connectivity index (χ2n) is 9.60. The van der Waals surface area contributed by atoms with Crippen LogP contribution in [0.2, 0.25) is 0 Å². The third-order valence-electron chi connectivity index (χ3n) is 6.60. The van der Waals surface area contributed by atoms with Crippen LogP contribution < -0.4 is 5.32 Å². The van der Waals surface area contributed by atoms with Gasteiger partial charge >= 0.3 is 0 Å². The number of rotatable bonds is 7.